The van der Waals surface area contributed by atoms with E-state index in [1.807, 2.05) is 4.90 Å². The third-order valence-corrected chi connectivity index (χ3v) is 5.17. The lowest BCUT2D eigenvalue weighted by molar-refractivity contribution is -0.136. The molecule has 1 aromatic rings. The Kier molecular flexibility index (Phi) is 6.32. The van der Waals surface area contributed by atoms with Crippen LogP contribution in [0.1, 0.15) is 36.0 Å². The van der Waals surface area contributed by atoms with Crippen molar-refractivity contribution in [2.24, 2.45) is 11.8 Å². The smallest absolute Gasteiger partial charge is 0.251 e. The number of benzene rings is 1. The minimum Gasteiger partial charge on any atom is -0.497 e. The number of piperidine rings is 1. The highest BCUT2D eigenvalue weighted by Gasteiger charge is 2.35. The summed E-state index contributed by atoms with van der Waals surface area (Å²) in [6.07, 6.45) is 3.45. The number of likely N-dealkylation sites (tertiary alicyclic amines) is 1. The molecule has 1 aromatic carbocycles. The van der Waals surface area contributed by atoms with Gasteiger partial charge in [0.05, 0.1) is 7.11 Å². The van der Waals surface area contributed by atoms with E-state index < -0.39 is 0 Å². The topological polar surface area (TPSA) is 87.7 Å². The Bertz CT molecular complexity index is 677. The monoisotopic (exact) mass is 373 g/mol. The lowest BCUT2D eigenvalue weighted by Crippen LogP contribution is -2.44. The summed E-state index contributed by atoms with van der Waals surface area (Å²) in [7, 11) is 1.58. The molecule has 7 heteroatoms. The summed E-state index contributed by atoms with van der Waals surface area (Å²) in [5.74, 6) is 0.972. The van der Waals surface area contributed by atoms with Gasteiger partial charge in [-0.2, -0.15) is 0 Å². The Labute approximate surface area is 159 Å². The van der Waals surface area contributed by atoms with Crippen molar-refractivity contribution in [3.63, 3.8) is 0 Å². The highest BCUT2D eigenvalue weighted by molar-refractivity contribution is 5.94. The maximum absolute atomic E-state index is 12.3. The predicted molar refractivity (Wildman–Crippen MR) is 100 cm³/mol. The lowest BCUT2D eigenvalue weighted by atomic mass is 9.95. The number of carbonyl (C=O) groups is 3. The molecular formula is C20H27N3O4. The molecular weight excluding hydrogens is 346 g/mol. The second-order valence-electron chi connectivity index (χ2n) is 7.15. The zero-order valence-electron chi connectivity index (χ0n) is 15.7. The molecule has 146 valence electrons. The van der Waals surface area contributed by atoms with Gasteiger partial charge in [0.1, 0.15) is 5.75 Å². The molecule has 2 aliphatic rings. The van der Waals surface area contributed by atoms with Crippen LogP contribution in [0.4, 0.5) is 0 Å². The Morgan fingerprint density at radius 2 is 1.59 bits per heavy atom. The first-order chi connectivity index (χ1) is 13.1. The van der Waals surface area contributed by atoms with E-state index >= 15 is 0 Å². The van der Waals surface area contributed by atoms with Gasteiger partial charge < -0.3 is 20.3 Å². The molecule has 1 saturated carbocycles. The minimum atomic E-state index is -0.182. The second kappa shape index (κ2) is 8.88. The van der Waals surface area contributed by atoms with E-state index in [1.54, 1.807) is 31.4 Å². The first-order valence-electron chi connectivity index (χ1n) is 9.57. The van der Waals surface area contributed by atoms with E-state index in [2.05, 4.69) is 10.6 Å². The number of ether oxygens (including phenoxy) is 1. The molecule has 1 saturated heterocycles. The quantitative estimate of drug-likeness (QED) is 0.703. The van der Waals surface area contributed by atoms with Gasteiger partial charge in [-0.25, -0.2) is 0 Å². The molecule has 1 heterocycles. The lowest BCUT2D eigenvalue weighted by Gasteiger charge is -2.31. The first kappa shape index (κ1) is 19.2. The first-order valence-corrected chi connectivity index (χ1v) is 9.57. The molecule has 2 fully saturated rings. The molecule has 0 spiro atoms. The van der Waals surface area contributed by atoms with Gasteiger partial charge in [-0.15, -0.1) is 0 Å². The van der Waals surface area contributed by atoms with Crippen LogP contribution < -0.4 is 15.4 Å². The SMILES string of the molecule is COc1ccc(C(=O)NCCNC(=O)C2CCN(C(=O)C3CC3)CC2)cc1. The van der Waals surface area contributed by atoms with Gasteiger partial charge in [0.15, 0.2) is 0 Å². The molecule has 0 bridgehead atoms. The number of hydrogen-bond acceptors (Lipinski definition) is 4. The Morgan fingerprint density at radius 1 is 0.963 bits per heavy atom. The van der Waals surface area contributed by atoms with Gasteiger partial charge in [0.25, 0.3) is 5.91 Å². The summed E-state index contributed by atoms with van der Waals surface area (Å²) in [4.78, 5) is 38.3. The third kappa shape index (κ3) is 5.21. The molecule has 7 nitrogen and oxygen atoms in total. The van der Waals surface area contributed by atoms with E-state index in [0.29, 0.717) is 50.3 Å². The van der Waals surface area contributed by atoms with Crippen LogP contribution in [0.5, 0.6) is 5.75 Å². The summed E-state index contributed by atoms with van der Waals surface area (Å²) < 4.78 is 5.06. The summed E-state index contributed by atoms with van der Waals surface area (Å²) in [5.41, 5.74) is 0.551. The van der Waals surface area contributed by atoms with Crippen molar-refractivity contribution in [2.75, 3.05) is 33.3 Å². The molecule has 27 heavy (non-hydrogen) atoms. The number of hydrogen-bond donors (Lipinski definition) is 2. The minimum absolute atomic E-state index is 0.00668. The van der Waals surface area contributed by atoms with Crippen molar-refractivity contribution in [1.29, 1.82) is 0 Å². The Morgan fingerprint density at radius 3 is 2.19 bits per heavy atom. The predicted octanol–water partition coefficient (Wildman–Crippen LogP) is 1.19. The molecule has 0 unspecified atom stereocenters. The number of nitrogens with one attached hydrogen (secondary N) is 2. The fourth-order valence-corrected chi connectivity index (χ4v) is 3.30. The van der Waals surface area contributed by atoms with Crippen molar-refractivity contribution in [1.82, 2.24) is 15.5 Å². The van der Waals surface area contributed by atoms with Gasteiger partial charge in [-0.3, -0.25) is 14.4 Å². The van der Waals surface area contributed by atoms with Crippen molar-refractivity contribution in [3.8, 4) is 5.75 Å². The molecule has 0 aromatic heterocycles. The molecule has 0 radical (unpaired) electrons. The third-order valence-electron chi connectivity index (χ3n) is 5.17. The van der Waals surface area contributed by atoms with Gasteiger partial charge in [-0.05, 0) is 49.9 Å². The van der Waals surface area contributed by atoms with Crippen molar-refractivity contribution >= 4 is 17.7 Å². The average molecular weight is 373 g/mol. The van der Waals surface area contributed by atoms with Crippen LogP contribution in [-0.2, 0) is 9.59 Å². The zero-order valence-corrected chi connectivity index (χ0v) is 15.7. The number of nitrogens with zero attached hydrogens (tertiary/aromatic N) is 1. The van der Waals surface area contributed by atoms with E-state index in [-0.39, 0.29) is 29.6 Å². The van der Waals surface area contributed by atoms with Gasteiger partial charge in [0.2, 0.25) is 11.8 Å². The number of methoxy groups -OCH3 is 1. The van der Waals surface area contributed by atoms with Crippen LogP contribution in [0.15, 0.2) is 24.3 Å². The number of rotatable bonds is 7. The summed E-state index contributed by atoms with van der Waals surface area (Å²) in [6, 6.07) is 6.86. The normalized spacial score (nSPS) is 17.3. The molecule has 1 aliphatic carbocycles. The van der Waals surface area contributed by atoms with E-state index in [4.69, 9.17) is 4.74 Å². The summed E-state index contributed by atoms with van der Waals surface area (Å²) in [5, 5.41) is 5.67. The molecule has 1 aliphatic heterocycles. The van der Waals surface area contributed by atoms with E-state index in [1.165, 1.54) is 0 Å². The maximum atomic E-state index is 12.3. The molecule has 2 N–H and O–H groups in total. The van der Waals surface area contributed by atoms with Crippen LogP contribution in [-0.4, -0.2) is 55.9 Å². The van der Waals surface area contributed by atoms with Crippen molar-refractivity contribution in [2.45, 2.75) is 25.7 Å². The second-order valence-corrected chi connectivity index (χ2v) is 7.15. The van der Waals surface area contributed by atoms with Crippen LogP contribution in [0.2, 0.25) is 0 Å². The van der Waals surface area contributed by atoms with Crippen molar-refractivity contribution in [3.05, 3.63) is 29.8 Å². The zero-order chi connectivity index (χ0) is 19.2. The standard InChI is InChI=1S/C20H27N3O4/c1-27-17-6-4-14(5-7-17)18(24)21-10-11-22-19(25)15-8-12-23(13-9-15)20(26)16-2-3-16/h4-7,15-16H,2-3,8-13H2,1H3,(H,21,24)(H,22,25). The fourth-order valence-electron chi connectivity index (χ4n) is 3.30. The van der Waals surface area contributed by atoms with Gasteiger partial charge in [0, 0.05) is 43.6 Å². The maximum Gasteiger partial charge on any atom is 0.251 e. The summed E-state index contributed by atoms with van der Waals surface area (Å²) in [6.45, 7) is 2.10. The molecule has 3 rings (SSSR count). The fraction of sp³-hybridized carbons (Fsp3) is 0.550. The Balaban J connectivity index is 1.32. The van der Waals surface area contributed by atoms with Crippen LogP contribution >= 0.6 is 0 Å². The van der Waals surface area contributed by atoms with Crippen molar-refractivity contribution < 1.29 is 19.1 Å². The summed E-state index contributed by atoms with van der Waals surface area (Å²) >= 11 is 0. The Hall–Kier alpha value is -2.57. The molecule has 0 atom stereocenters. The van der Waals surface area contributed by atoms with Gasteiger partial charge in [-0.1, -0.05) is 0 Å². The average Bonchev–Trinajstić information content (AvgIpc) is 3.56. The largest absolute Gasteiger partial charge is 0.497 e. The van der Waals surface area contributed by atoms with E-state index in [9.17, 15) is 14.4 Å². The molecule has 3 amide bonds. The van der Waals surface area contributed by atoms with Crippen LogP contribution in [0.25, 0.3) is 0 Å². The highest BCUT2D eigenvalue weighted by Crippen LogP contribution is 2.32. The van der Waals surface area contributed by atoms with Crippen LogP contribution in [0.3, 0.4) is 0 Å². The van der Waals surface area contributed by atoms with E-state index in [0.717, 1.165) is 12.8 Å². The van der Waals surface area contributed by atoms with Gasteiger partial charge >= 0.3 is 0 Å². The highest BCUT2D eigenvalue weighted by atomic mass is 16.5. The number of carbonyl (C=O) groups excluding carboxylic acids is 3. The van der Waals surface area contributed by atoms with Crippen LogP contribution in [0, 0.1) is 11.8 Å². The number of amides is 3.